The molecule has 1 atom stereocenters. The van der Waals surface area contributed by atoms with Gasteiger partial charge in [-0.25, -0.2) is 12.8 Å². The number of piperazine rings is 1. The molecule has 3 rings (SSSR count). The Hall–Kier alpha value is -1.51. The van der Waals surface area contributed by atoms with Crippen molar-refractivity contribution in [3.63, 3.8) is 0 Å². The minimum absolute atomic E-state index is 0.0492. The summed E-state index contributed by atoms with van der Waals surface area (Å²) in [6.45, 7) is 4.55. The zero-order chi connectivity index (χ0) is 18.6. The van der Waals surface area contributed by atoms with Crippen molar-refractivity contribution in [2.45, 2.75) is 30.3 Å². The van der Waals surface area contributed by atoms with Gasteiger partial charge in [0.15, 0.2) is 9.84 Å². The van der Waals surface area contributed by atoms with Crippen molar-refractivity contribution < 1.29 is 22.3 Å². The topological polar surface area (TPSA) is 66.9 Å². The molecule has 0 radical (unpaired) electrons. The number of hydrogen-bond acceptors (Lipinski definition) is 5. The monoisotopic (exact) mass is 384 g/mol. The van der Waals surface area contributed by atoms with E-state index in [9.17, 15) is 17.6 Å². The molecule has 1 amide bonds. The van der Waals surface area contributed by atoms with Crippen LogP contribution in [0.5, 0.6) is 0 Å². The summed E-state index contributed by atoms with van der Waals surface area (Å²) in [5.41, 5.74) is 0. The van der Waals surface area contributed by atoms with Gasteiger partial charge in [0.25, 0.3) is 0 Å². The third kappa shape index (κ3) is 5.02. The predicted molar refractivity (Wildman–Crippen MR) is 95.1 cm³/mol. The second-order valence-corrected chi connectivity index (χ2v) is 8.95. The minimum Gasteiger partial charge on any atom is -0.377 e. The molecule has 0 spiro atoms. The Labute approximate surface area is 153 Å². The number of benzene rings is 1. The number of hydrogen-bond donors (Lipinski definition) is 0. The number of carbonyl (C=O) groups excluding carboxylic acids is 1. The lowest BCUT2D eigenvalue weighted by Crippen LogP contribution is -2.50. The molecule has 8 heteroatoms. The van der Waals surface area contributed by atoms with Crippen LogP contribution in [0.4, 0.5) is 4.39 Å². The molecule has 2 aliphatic heterocycles. The van der Waals surface area contributed by atoms with E-state index in [1.807, 2.05) is 0 Å². The number of carbonyl (C=O) groups is 1. The van der Waals surface area contributed by atoms with Gasteiger partial charge in [0.2, 0.25) is 5.91 Å². The smallest absolute Gasteiger partial charge is 0.223 e. The Morgan fingerprint density at radius 1 is 1.15 bits per heavy atom. The highest BCUT2D eigenvalue weighted by molar-refractivity contribution is 7.91. The standard InChI is InChI=1S/C18H25FN2O4S/c19-15-3-5-17(6-4-15)26(23,24)13-7-18(22)21-10-8-20(9-11-21)14-16-2-1-12-25-16/h3-6,16H,1-2,7-14H2. The van der Waals surface area contributed by atoms with Crippen molar-refractivity contribution >= 4 is 15.7 Å². The number of amides is 1. The molecule has 0 saturated carbocycles. The fraction of sp³-hybridized carbons (Fsp3) is 0.611. The number of ether oxygens (including phenoxy) is 1. The van der Waals surface area contributed by atoms with Crippen molar-refractivity contribution in [1.82, 2.24) is 9.80 Å². The van der Waals surface area contributed by atoms with Crippen molar-refractivity contribution in [3.8, 4) is 0 Å². The van der Waals surface area contributed by atoms with E-state index < -0.39 is 15.7 Å². The van der Waals surface area contributed by atoms with Crippen LogP contribution in [0.15, 0.2) is 29.2 Å². The maximum Gasteiger partial charge on any atom is 0.223 e. The maximum atomic E-state index is 12.9. The number of rotatable bonds is 6. The lowest BCUT2D eigenvalue weighted by molar-refractivity contribution is -0.132. The Morgan fingerprint density at radius 3 is 2.46 bits per heavy atom. The van der Waals surface area contributed by atoms with Crippen LogP contribution in [-0.2, 0) is 19.4 Å². The second-order valence-electron chi connectivity index (χ2n) is 6.84. The maximum absolute atomic E-state index is 12.9. The first-order valence-electron chi connectivity index (χ1n) is 9.04. The molecule has 0 N–H and O–H groups in total. The molecule has 2 saturated heterocycles. The molecular weight excluding hydrogens is 359 g/mol. The summed E-state index contributed by atoms with van der Waals surface area (Å²) >= 11 is 0. The minimum atomic E-state index is -3.58. The second kappa shape index (κ2) is 8.45. The van der Waals surface area contributed by atoms with Gasteiger partial charge in [-0.1, -0.05) is 0 Å². The van der Waals surface area contributed by atoms with Crippen LogP contribution >= 0.6 is 0 Å². The van der Waals surface area contributed by atoms with E-state index in [0.29, 0.717) is 19.2 Å². The highest BCUT2D eigenvalue weighted by Crippen LogP contribution is 2.16. The van der Waals surface area contributed by atoms with Crippen LogP contribution in [-0.4, -0.2) is 75.3 Å². The quantitative estimate of drug-likeness (QED) is 0.692. The number of sulfone groups is 1. The number of halogens is 1. The Bertz CT molecular complexity index is 709. The zero-order valence-electron chi connectivity index (χ0n) is 14.8. The normalized spacial score (nSPS) is 21.9. The summed E-state index contributed by atoms with van der Waals surface area (Å²) < 4.78 is 43.1. The Balaban J connectivity index is 1.44. The Kier molecular flexibility index (Phi) is 6.26. The molecular formula is C18H25FN2O4S. The molecule has 26 heavy (non-hydrogen) atoms. The molecule has 2 aliphatic rings. The SMILES string of the molecule is O=C(CCS(=O)(=O)c1ccc(F)cc1)N1CCN(CC2CCCO2)CC1. The molecule has 1 unspecified atom stereocenters. The largest absolute Gasteiger partial charge is 0.377 e. The summed E-state index contributed by atoms with van der Waals surface area (Å²) in [5.74, 6) is -0.888. The summed E-state index contributed by atoms with van der Waals surface area (Å²) in [6.07, 6.45) is 2.47. The highest BCUT2D eigenvalue weighted by Gasteiger charge is 2.26. The molecule has 2 heterocycles. The first kappa shape index (κ1) is 19.3. The van der Waals surface area contributed by atoms with E-state index in [0.717, 1.165) is 51.2 Å². The van der Waals surface area contributed by atoms with Crippen LogP contribution in [0.3, 0.4) is 0 Å². The van der Waals surface area contributed by atoms with Gasteiger partial charge in [-0.15, -0.1) is 0 Å². The molecule has 0 aliphatic carbocycles. The summed E-state index contributed by atoms with van der Waals surface area (Å²) in [4.78, 5) is 16.4. The average Bonchev–Trinajstić information content (AvgIpc) is 3.14. The lowest BCUT2D eigenvalue weighted by atomic mass is 10.2. The number of nitrogens with zero attached hydrogens (tertiary/aromatic N) is 2. The first-order chi connectivity index (χ1) is 12.4. The van der Waals surface area contributed by atoms with E-state index in [1.165, 1.54) is 12.1 Å². The van der Waals surface area contributed by atoms with Crippen molar-refractivity contribution in [2.24, 2.45) is 0 Å². The van der Waals surface area contributed by atoms with Crippen LogP contribution in [0.1, 0.15) is 19.3 Å². The van der Waals surface area contributed by atoms with Crippen molar-refractivity contribution in [3.05, 3.63) is 30.1 Å². The Morgan fingerprint density at radius 2 is 1.85 bits per heavy atom. The fourth-order valence-electron chi connectivity index (χ4n) is 3.40. The van der Waals surface area contributed by atoms with Gasteiger partial charge in [-0.3, -0.25) is 9.69 Å². The third-order valence-corrected chi connectivity index (χ3v) is 6.70. The third-order valence-electron chi connectivity index (χ3n) is 4.97. The van der Waals surface area contributed by atoms with E-state index >= 15 is 0 Å². The van der Waals surface area contributed by atoms with Gasteiger partial charge in [0.1, 0.15) is 5.82 Å². The average molecular weight is 384 g/mol. The van der Waals surface area contributed by atoms with Gasteiger partial charge in [-0.2, -0.15) is 0 Å². The summed E-state index contributed by atoms with van der Waals surface area (Å²) in [6, 6.07) is 4.70. The van der Waals surface area contributed by atoms with Gasteiger partial charge >= 0.3 is 0 Å². The van der Waals surface area contributed by atoms with Crippen LogP contribution in [0, 0.1) is 5.82 Å². The van der Waals surface area contributed by atoms with Gasteiger partial charge in [0, 0.05) is 45.8 Å². The zero-order valence-corrected chi connectivity index (χ0v) is 15.6. The van der Waals surface area contributed by atoms with Crippen molar-refractivity contribution in [2.75, 3.05) is 45.1 Å². The molecule has 0 aromatic heterocycles. The van der Waals surface area contributed by atoms with Gasteiger partial charge < -0.3 is 9.64 Å². The highest BCUT2D eigenvalue weighted by atomic mass is 32.2. The van der Waals surface area contributed by atoms with E-state index in [2.05, 4.69) is 4.90 Å². The van der Waals surface area contributed by atoms with Gasteiger partial charge in [-0.05, 0) is 37.1 Å². The van der Waals surface area contributed by atoms with Crippen molar-refractivity contribution in [1.29, 1.82) is 0 Å². The lowest BCUT2D eigenvalue weighted by Gasteiger charge is -2.35. The van der Waals surface area contributed by atoms with E-state index in [-0.39, 0.29) is 23.0 Å². The fourth-order valence-corrected chi connectivity index (χ4v) is 4.63. The van der Waals surface area contributed by atoms with Crippen LogP contribution < -0.4 is 0 Å². The molecule has 6 nitrogen and oxygen atoms in total. The molecule has 144 valence electrons. The van der Waals surface area contributed by atoms with E-state index in [1.54, 1.807) is 4.90 Å². The van der Waals surface area contributed by atoms with E-state index in [4.69, 9.17) is 4.74 Å². The molecule has 2 fully saturated rings. The first-order valence-corrected chi connectivity index (χ1v) is 10.7. The molecule has 1 aromatic carbocycles. The van der Waals surface area contributed by atoms with Crippen LogP contribution in [0.25, 0.3) is 0 Å². The summed E-state index contributed by atoms with van der Waals surface area (Å²) in [5, 5.41) is 0. The predicted octanol–water partition coefficient (Wildman–Crippen LogP) is 1.31. The van der Waals surface area contributed by atoms with Gasteiger partial charge in [0.05, 0.1) is 16.8 Å². The molecule has 0 bridgehead atoms. The molecule has 1 aromatic rings. The summed E-state index contributed by atoms with van der Waals surface area (Å²) in [7, 11) is -3.58. The van der Waals surface area contributed by atoms with Crippen LogP contribution in [0.2, 0.25) is 0 Å².